The van der Waals surface area contributed by atoms with Crippen LogP contribution in [0.25, 0.3) is 0 Å². The lowest BCUT2D eigenvalue weighted by molar-refractivity contribution is 0.386. The van der Waals surface area contributed by atoms with Gasteiger partial charge in [-0.05, 0) is 47.5 Å². The third kappa shape index (κ3) is 7.29. The fourth-order valence-electron chi connectivity index (χ4n) is 2.84. The summed E-state index contributed by atoms with van der Waals surface area (Å²) in [5, 5.41) is 16.6. The standard InChI is InChI=1S/C20H22Cl2N8S2/c21-15-25-17(29-19(27-15)31-13-7-3-1-4-8-13)23-11-12-24-18-26-16(22)28-20(30-18)32-14-9-5-2-6-10-14/h1-10,17,19-20,23,29H,11-12H2,(H,25,27)(H2,24,26,28,30). The maximum Gasteiger partial charge on any atom is 0.200 e. The van der Waals surface area contributed by atoms with Crippen molar-refractivity contribution in [3.63, 3.8) is 0 Å². The molecule has 0 bridgehead atoms. The number of benzene rings is 2. The first kappa shape index (κ1) is 23.2. The number of halogens is 2. The Bertz CT molecular complexity index is 974. The summed E-state index contributed by atoms with van der Waals surface area (Å²) in [6, 6.07) is 20.1. The van der Waals surface area contributed by atoms with Crippen molar-refractivity contribution in [3.05, 3.63) is 60.7 Å². The van der Waals surface area contributed by atoms with Crippen molar-refractivity contribution >= 4 is 63.3 Å². The molecule has 5 N–H and O–H groups in total. The Morgan fingerprint density at radius 2 is 1.47 bits per heavy atom. The SMILES string of the molecule is ClC1=NC(Sc2ccccc2)NC(=NCCNC2NC(Cl)=NC(Sc3ccccc3)N2)N1. The number of rotatable bonds is 8. The smallest absolute Gasteiger partial charge is 0.200 e. The van der Waals surface area contributed by atoms with Crippen LogP contribution in [0.2, 0.25) is 0 Å². The highest BCUT2D eigenvalue weighted by atomic mass is 35.5. The van der Waals surface area contributed by atoms with Crippen LogP contribution in [-0.4, -0.2) is 46.9 Å². The Labute approximate surface area is 205 Å². The van der Waals surface area contributed by atoms with Crippen LogP contribution in [0.1, 0.15) is 0 Å². The van der Waals surface area contributed by atoms with Crippen molar-refractivity contribution in [2.24, 2.45) is 15.0 Å². The average Bonchev–Trinajstić information content (AvgIpc) is 2.77. The van der Waals surface area contributed by atoms with Gasteiger partial charge in [-0.3, -0.25) is 15.6 Å². The number of nitrogens with zero attached hydrogens (tertiary/aromatic N) is 3. The molecule has 0 saturated carbocycles. The normalized spacial score (nSPS) is 24.1. The molecule has 2 aromatic carbocycles. The van der Waals surface area contributed by atoms with Crippen LogP contribution in [0.5, 0.6) is 0 Å². The minimum absolute atomic E-state index is 0.192. The van der Waals surface area contributed by atoms with E-state index in [0.29, 0.717) is 29.6 Å². The van der Waals surface area contributed by atoms with Crippen molar-refractivity contribution < 1.29 is 0 Å². The molecule has 2 aliphatic heterocycles. The predicted molar refractivity (Wildman–Crippen MR) is 135 cm³/mol. The lowest BCUT2D eigenvalue weighted by Gasteiger charge is -2.29. The van der Waals surface area contributed by atoms with Crippen molar-refractivity contribution in [1.82, 2.24) is 26.6 Å². The number of guanidine groups is 1. The second-order valence-corrected chi connectivity index (χ2v) is 9.63. The molecule has 0 fully saturated rings. The maximum absolute atomic E-state index is 6.17. The van der Waals surface area contributed by atoms with E-state index in [9.17, 15) is 0 Å². The summed E-state index contributed by atoms with van der Waals surface area (Å²) in [7, 11) is 0. The Morgan fingerprint density at radius 3 is 2.16 bits per heavy atom. The molecule has 12 heteroatoms. The van der Waals surface area contributed by atoms with Crippen LogP contribution < -0.4 is 26.6 Å². The molecular formula is C20H22Cl2N8S2. The average molecular weight is 509 g/mol. The van der Waals surface area contributed by atoms with Crippen molar-refractivity contribution in [2.75, 3.05) is 13.1 Å². The summed E-state index contributed by atoms with van der Waals surface area (Å²) in [5.41, 5.74) is -0.437. The first-order valence-electron chi connectivity index (χ1n) is 9.88. The number of thioether (sulfide) groups is 2. The lowest BCUT2D eigenvalue weighted by Crippen LogP contribution is -2.59. The fraction of sp³-hybridized carbons (Fsp3) is 0.250. The molecule has 0 spiro atoms. The zero-order chi connectivity index (χ0) is 22.2. The summed E-state index contributed by atoms with van der Waals surface area (Å²) in [4.78, 5) is 15.5. The molecule has 2 heterocycles. The Kier molecular flexibility index (Phi) is 8.55. The van der Waals surface area contributed by atoms with E-state index in [4.69, 9.17) is 23.2 Å². The summed E-state index contributed by atoms with van der Waals surface area (Å²) in [5.74, 6) is 0.585. The lowest BCUT2D eigenvalue weighted by atomic mass is 10.4. The number of nitrogens with one attached hydrogen (secondary N) is 5. The molecule has 0 amide bonds. The molecule has 32 heavy (non-hydrogen) atoms. The first-order chi connectivity index (χ1) is 15.6. The van der Waals surface area contributed by atoms with E-state index in [1.54, 1.807) is 23.5 Å². The van der Waals surface area contributed by atoms with Gasteiger partial charge in [-0.25, -0.2) is 9.98 Å². The van der Waals surface area contributed by atoms with Gasteiger partial charge in [0.2, 0.25) is 5.29 Å². The summed E-state index contributed by atoms with van der Waals surface area (Å²) in [6.07, 6.45) is -0.222. The van der Waals surface area contributed by atoms with Gasteiger partial charge in [0.1, 0.15) is 6.29 Å². The molecule has 8 nitrogen and oxygen atoms in total. The van der Waals surface area contributed by atoms with E-state index < -0.39 is 0 Å². The van der Waals surface area contributed by atoms with Gasteiger partial charge in [0.25, 0.3) is 0 Å². The van der Waals surface area contributed by atoms with Gasteiger partial charge in [0, 0.05) is 16.3 Å². The maximum atomic E-state index is 6.17. The van der Waals surface area contributed by atoms with Gasteiger partial charge < -0.3 is 16.0 Å². The minimum Gasteiger partial charge on any atom is -0.333 e. The van der Waals surface area contributed by atoms with Gasteiger partial charge in [0.05, 0.1) is 6.54 Å². The summed E-state index contributed by atoms with van der Waals surface area (Å²) < 4.78 is 0. The van der Waals surface area contributed by atoms with Gasteiger partial charge in [0.15, 0.2) is 22.2 Å². The van der Waals surface area contributed by atoms with E-state index in [1.165, 1.54) is 0 Å². The first-order valence-corrected chi connectivity index (χ1v) is 12.4. The van der Waals surface area contributed by atoms with E-state index in [0.717, 1.165) is 9.79 Å². The van der Waals surface area contributed by atoms with Crippen LogP contribution in [-0.2, 0) is 0 Å². The molecule has 2 aliphatic rings. The molecule has 2 aromatic rings. The van der Waals surface area contributed by atoms with E-state index >= 15 is 0 Å². The van der Waals surface area contributed by atoms with E-state index in [-0.39, 0.29) is 17.3 Å². The van der Waals surface area contributed by atoms with Crippen molar-refractivity contribution in [1.29, 1.82) is 0 Å². The molecule has 3 atom stereocenters. The number of hydrogen-bond acceptors (Lipinski definition) is 8. The molecule has 0 aromatic heterocycles. The van der Waals surface area contributed by atoms with Crippen molar-refractivity contribution in [3.8, 4) is 0 Å². The fourth-order valence-corrected chi connectivity index (χ4v) is 5.19. The van der Waals surface area contributed by atoms with Gasteiger partial charge in [-0.15, -0.1) is 0 Å². The topological polar surface area (TPSA) is 97.2 Å². The summed E-state index contributed by atoms with van der Waals surface area (Å²) in [6.45, 7) is 1.13. The van der Waals surface area contributed by atoms with E-state index in [1.807, 2.05) is 60.7 Å². The number of amidine groups is 2. The molecule has 0 saturated heterocycles. The Balaban J connectivity index is 1.24. The zero-order valence-corrected chi connectivity index (χ0v) is 20.0. The quantitative estimate of drug-likeness (QED) is 0.276. The van der Waals surface area contributed by atoms with Gasteiger partial charge in [-0.2, -0.15) is 0 Å². The number of hydrogen-bond donors (Lipinski definition) is 5. The molecule has 4 rings (SSSR count). The highest BCUT2D eigenvalue weighted by Gasteiger charge is 2.22. The van der Waals surface area contributed by atoms with Crippen LogP contribution in [0.4, 0.5) is 0 Å². The predicted octanol–water partition coefficient (Wildman–Crippen LogP) is 2.94. The molecule has 0 aliphatic carbocycles. The Hall–Kier alpha value is -1.95. The molecule has 3 unspecified atom stereocenters. The second kappa shape index (κ2) is 11.8. The minimum atomic E-state index is -0.245. The third-order valence-electron chi connectivity index (χ3n) is 4.23. The monoisotopic (exact) mass is 508 g/mol. The number of aliphatic imine (C=N–C) groups is 3. The highest BCUT2D eigenvalue weighted by molar-refractivity contribution is 8.00. The van der Waals surface area contributed by atoms with Crippen LogP contribution in [0.3, 0.4) is 0 Å². The largest absolute Gasteiger partial charge is 0.333 e. The van der Waals surface area contributed by atoms with Gasteiger partial charge in [-0.1, -0.05) is 59.9 Å². The van der Waals surface area contributed by atoms with Crippen LogP contribution in [0, 0.1) is 0 Å². The molecule has 0 radical (unpaired) electrons. The van der Waals surface area contributed by atoms with Crippen LogP contribution >= 0.6 is 46.7 Å². The third-order valence-corrected chi connectivity index (χ3v) is 6.63. The zero-order valence-electron chi connectivity index (χ0n) is 16.8. The van der Waals surface area contributed by atoms with Crippen molar-refractivity contribution in [2.45, 2.75) is 27.1 Å². The molecular weight excluding hydrogens is 487 g/mol. The van der Waals surface area contributed by atoms with E-state index in [2.05, 4.69) is 41.6 Å². The molecule has 168 valence electrons. The highest BCUT2D eigenvalue weighted by Crippen LogP contribution is 2.24. The Morgan fingerprint density at radius 1 is 0.844 bits per heavy atom. The second-order valence-electron chi connectivity index (χ2n) is 6.60. The summed E-state index contributed by atoms with van der Waals surface area (Å²) >= 11 is 15.5. The van der Waals surface area contributed by atoms with Gasteiger partial charge >= 0.3 is 0 Å². The van der Waals surface area contributed by atoms with Crippen LogP contribution in [0.15, 0.2) is 85.4 Å².